The van der Waals surface area contributed by atoms with E-state index in [1.807, 2.05) is 0 Å². The Kier molecular flexibility index (Phi) is 3.46. The molecule has 7 heteroatoms. The number of phenols is 1. The molecule has 0 aliphatic carbocycles. The molecule has 0 saturated carbocycles. The Morgan fingerprint density at radius 1 is 1.47 bits per heavy atom. The van der Waals surface area contributed by atoms with Gasteiger partial charge >= 0.3 is 22.4 Å². The maximum Gasteiger partial charge on any atom is 1.00 e. The molecule has 15 heavy (non-hydrogen) atoms. The second-order valence-electron chi connectivity index (χ2n) is 2.83. The predicted molar refractivity (Wildman–Crippen MR) is 49.9 cm³/mol. The van der Waals surface area contributed by atoms with Crippen LogP contribution in [0.2, 0.25) is 0 Å². The summed E-state index contributed by atoms with van der Waals surface area (Å²) in [5, 5.41) is 22.1. The van der Waals surface area contributed by atoms with Crippen molar-refractivity contribution in [1.82, 2.24) is 15.4 Å². The fourth-order valence-corrected chi connectivity index (χ4v) is 1.19. The molecule has 0 bridgehead atoms. The molecule has 2 aromatic rings. The summed E-state index contributed by atoms with van der Waals surface area (Å²) in [6.45, 7) is 1.37. The number of hydrogen-bond acceptors (Lipinski definition) is 4. The van der Waals surface area contributed by atoms with Gasteiger partial charge in [-0.3, -0.25) is 4.79 Å². The number of H-pyrrole nitrogens is 1. The number of aromatic nitrogens is 3. The third-order valence-corrected chi connectivity index (χ3v) is 1.77. The molecule has 1 aromatic carbocycles. The number of aromatic hydroxyl groups is 1. The third kappa shape index (κ3) is 2.17. The van der Waals surface area contributed by atoms with Gasteiger partial charge in [0.1, 0.15) is 5.52 Å². The Morgan fingerprint density at radius 3 is 2.87 bits per heavy atom. The molecule has 0 aliphatic rings. The maximum absolute atomic E-state index is 10.8. The first-order chi connectivity index (χ1) is 6.68. The first-order valence-electron chi connectivity index (χ1n) is 3.98. The maximum atomic E-state index is 10.8. The minimum Gasteiger partial charge on any atom is -0.504 e. The quantitative estimate of drug-likeness (QED) is 0.532. The van der Waals surface area contributed by atoms with E-state index in [4.69, 9.17) is 0 Å². The molecule has 82 valence electrons. The van der Waals surface area contributed by atoms with E-state index < -0.39 is 0 Å². The van der Waals surface area contributed by atoms with Crippen molar-refractivity contribution in [3.05, 3.63) is 12.1 Å². The Bertz CT molecular complexity index is 496. The second-order valence-corrected chi connectivity index (χ2v) is 2.83. The van der Waals surface area contributed by atoms with E-state index in [0.29, 0.717) is 16.7 Å². The summed E-state index contributed by atoms with van der Waals surface area (Å²) in [5.41, 5.74) is 1.23. The minimum absolute atomic E-state index is 0. The van der Waals surface area contributed by atoms with Crippen LogP contribution < -0.4 is 5.32 Å². The van der Waals surface area contributed by atoms with Crippen molar-refractivity contribution in [3.63, 3.8) is 0 Å². The molecule has 2 rings (SSSR count). The zero-order chi connectivity index (χ0) is 10.1. The van der Waals surface area contributed by atoms with Crippen LogP contribution in [-0.2, 0) is 27.2 Å². The number of rotatable bonds is 1. The van der Waals surface area contributed by atoms with Crippen molar-refractivity contribution in [2.24, 2.45) is 0 Å². The number of anilines is 1. The van der Waals surface area contributed by atoms with Gasteiger partial charge in [-0.15, -0.1) is 0 Å². The molecule has 0 unspecified atom stereocenters. The number of nitrogens with zero attached hydrogens (tertiary/aromatic N) is 2. The normalized spacial score (nSPS) is 9.67. The van der Waals surface area contributed by atoms with Crippen molar-refractivity contribution in [3.8, 4) is 5.75 Å². The number of carbonyl (C=O) groups is 1. The van der Waals surface area contributed by atoms with E-state index in [1.165, 1.54) is 6.92 Å². The van der Waals surface area contributed by atoms with Gasteiger partial charge in [-0.1, -0.05) is 0 Å². The fraction of sp³-hybridized carbons (Fsp3) is 0.125. The van der Waals surface area contributed by atoms with Gasteiger partial charge in [0, 0.05) is 6.92 Å². The summed E-state index contributed by atoms with van der Waals surface area (Å²) in [4.78, 5) is 10.8. The third-order valence-electron chi connectivity index (χ3n) is 1.77. The molecule has 0 atom stereocenters. The summed E-state index contributed by atoms with van der Waals surface area (Å²) in [7, 11) is 0. The van der Waals surface area contributed by atoms with Crippen LogP contribution in [0, 0.1) is 0 Å². The molecule has 6 nitrogen and oxygen atoms in total. The van der Waals surface area contributed by atoms with Gasteiger partial charge in [-0.2, -0.15) is 15.4 Å². The SMILES string of the molecule is CC(=O)Nc1ccc2n[nH]nc2c1O.[Ag+]. The van der Waals surface area contributed by atoms with Gasteiger partial charge < -0.3 is 10.4 Å². The van der Waals surface area contributed by atoms with Gasteiger partial charge in [0.2, 0.25) is 5.91 Å². The van der Waals surface area contributed by atoms with E-state index >= 15 is 0 Å². The van der Waals surface area contributed by atoms with Crippen LogP contribution in [0.1, 0.15) is 6.92 Å². The predicted octanol–water partition coefficient (Wildman–Crippen LogP) is 0.619. The number of fused-ring (bicyclic) bond motifs is 1. The van der Waals surface area contributed by atoms with Crippen LogP contribution in [0.15, 0.2) is 12.1 Å². The monoisotopic (exact) mass is 299 g/mol. The van der Waals surface area contributed by atoms with Gasteiger partial charge in [0.15, 0.2) is 11.3 Å². The molecule has 0 spiro atoms. The number of nitrogens with one attached hydrogen (secondary N) is 2. The Hall–Kier alpha value is -1.37. The Morgan fingerprint density at radius 2 is 2.20 bits per heavy atom. The first kappa shape index (κ1) is 11.7. The van der Waals surface area contributed by atoms with Gasteiger partial charge in [0.05, 0.1) is 5.69 Å². The largest absolute Gasteiger partial charge is 1.00 e. The zero-order valence-electron chi connectivity index (χ0n) is 7.71. The van der Waals surface area contributed by atoms with Gasteiger partial charge in [-0.05, 0) is 12.1 Å². The van der Waals surface area contributed by atoms with Crippen LogP contribution in [0.4, 0.5) is 5.69 Å². The molecule has 3 N–H and O–H groups in total. The van der Waals surface area contributed by atoms with Crippen LogP contribution in [0.5, 0.6) is 5.75 Å². The van der Waals surface area contributed by atoms with E-state index in [9.17, 15) is 9.90 Å². The molecule has 0 aliphatic heterocycles. The number of carbonyl (C=O) groups excluding carboxylic acids is 1. The van der Waals surface area contributed by atoms with Crippen molar-refractivity contribution in [2.45, 2.75) is 6.92 Å². The zero-order valence-corrected chi connectivity index (χ0v) is 9.19. The molecule has 1 heterocycles. The van der Waals surface area contributed by atoms with Crippen molar-refractivity contribution in [1.29, 1.82) is 0 Å². The molecule has 0 radical (unpaired) electrons. The number of amides is 1. The molecule has 0 fully saturated rings. The van der Waals surface area contributed by atoms with Crippen molar-refractivity contribution < 1.29 is 32.3 Å². The molecular weight excluding hydrogens is 292 g/mol. The number of benzene rings is 1. The average Bonchev–Trinajstić information content (AvgIpc) is 2.57. The Balaban J connectivity index is 0.00000112. The summed E-state index contributed by atoms with van der Waals surface area (Å²) in [6.07, 6.45) is 0. The second kappa shape index (κ2) is 4.43. The minimum atomic E-state index is -0.247. The molecule has 1 amide bonds. The summed E-state index contributed by atoms with van der Waals surface area (Å²) >= 11 is 0. The van der Waals surface area contributed by atoms with E-state index in [-0.39, 0.29) is 34.0 Å². The van der Waals surface area contributed by atoms with Crippen LogP contribution >= 0.6 is 0 Å². The van der Waals surface area contributed by atoms with Crippen molar-refractivity contribution in [2.75, 3.05) is 5.32 Å². The molecule has 1 aromatic heterocycles. The van der Waals surface area contributed by atoms with E-state index in [1.54, 1.807) is 12.1 Å². The number of hydrogen-bond donors (Lipinski definition) is 3. The number of phenolic OH excluding ortho intramolecular Hbond substituents is 1. The van der Waals surface area contributed by atoms with Crippen LogP contribution in [0.25, 0.3) is 11.0 Å². The molecular formula is C8H8AgN4O2+. The smallest absolute Gasteiger partial charge is 0.504 e. The van der Waals surface area contributed by atoms with Crippen molar-refractivity contribution >= 4 is 22.6 Å². The number of aromatic amines is 1. The first-order valence-corrected chi connectivity index (χ1v) is 3.98. The van der Waals surface area contributed by atoms with E-state index in [2.05, 4.69) is 20.7 Å². The Labute approximate surface area is 101 Å². The standard InChI is InChI=1S/C8H8N4O2.Ag/c1-4(13)9-6-3-2-5-7(8(6)14)11-12-10-5;/h2-3,14H,1H3,(H,9,13)(H,10,11,12);/q;+1. The average molecular weight is 300 g/mol. The summed E-state index contributed by atoms with van der Waals surface area (Å²) < 4.78 is 0. The molecule has 0 saturated heterocycles. The summed E-state index contributed by atoms with van der Waals surface area (Å²) in [6, 6.07) is 3.23. The van der Waals surface area contributed by atoms with Gasteiger partial charge in [0.25, 0.3) is 0 Å². The van der Waals surface area contributed by atoms with Gasteiger partial charge in [-0.25, -0.2) is 0 Å². The van der Waals surface area contributed by atoms with Crippen LogP contribution in [-0.4, -0.2) is 26.4 Å². The topological polar surface area (TPSA) is 90.9 Å². The summed E-state index contributed by atoms with van der Waals surface area (Å²) in [5.74, 6) is -0.324. The fourth-order valence-electron chi connectivity index (χ4n) is 1.19. The van der Waals surface area contributed by atoms with Crippen LogP contribution in [0.3, 0.4) is 0 Å². The van der Waals surface area contributed by atoms with E-state index in [0.717, 1.165) is 0 Å².